The van der Waals surface area contributed by atoms with Gasteiger partial charge in [-0.25, -0.2) is 0 Å². The average molecular weight is 1980 g/mol. The summed E-state index contributed by atoms with van der Waals surface area (Å²) in [6, 6.07) is 101. The molecule has 756 valence electrons. The predicted molar refractivity (Wildman–Crippen MR) is 528 cm³/mol. The summed E-state index contributed by atoms with van der Waals surface area (Å²) in [5, 5.41) is 0. The van der Waals surface area contributed by atoms with E-state index in [0.29, 0.717) is 33.4 Å². The molecule has 6 aliphatic rings. The smallest absolute Gasteiger partial charge is 0.303 e. The fraction of sp³-hybridized carbons (Fsp3) is 0.325. The lowest BCUT2D eigenvalue weighted by Gasteiger charge is -2.53. The van der Waals surface area contributed by atoms with Crippen molar-refractivity contribution >= 4 is 41.5 Å². The first-order chi connectivity index (χ1) is 71.6. The molecule has 6 heterocycles. The van der Waals surface area contributed by atoms with Crippen molar-refractivity contribution in [3.8, 4) is 0 Å². The van der Waals surface area contributed by atoms with Crippen molar-refractivity contribution in [1.82, 2.24) is 9.80 Å². The lowest BCUT2D eigenvalue weighted by Crippen LogP contribution is -2.72. The summed E-state index contributed by atoms with van der Waals surface area (Å²) >= 11 is 0. The van der Waals surface area contributed by atoms with Gasteiger partial charge in [0.2, 0.25) is 0 Å². The van der Waals surface area contributed by atoms with Gasteiger partial charge in [-0.2, -0.15) is 0 Å². The fourth-order valence-electron chi connectivity index (χ4n) is 19.0. The molecular formula is C117H116N2O27. The van der Waals surface area contributed by atoms with Gasteiger partial charge in [0, 0.05) is 20.8 Å². The van der Waals surface area contributed by atoms with E-state index in [1.54, 1.807) is 60.7 Å². The maximum atomic E-state index is 16.5. The van der Waals surface area contributed by atoms with Gasteiger partial charge in [0.1, 0.15) is 91.9 Å². The Kier molecular flexibility index (Phi) is 35.6. The zero-order valence-corrected chi connectivity index (χ0v) is 81.0. The first kappa shape index (κ1) is 103. The molecule has 12 aromatic rings. The lowest BCUT2D eigenvalue weighted by atomic mass is 9.92. The zero-order valence-electron chi connectivity index (χ0n) is 81.0. The number of fused-ring (bicyclic) bond motifs is 2. The van der Waals surface area contributed by atoms with Crippen molar-refractivity contribution in [3.63, 3.8) is 0 Å². The van der Waals surface area contributed by atoms with E-state index in [9.17, 15) is 14.4 Å². The molecule has 6 aliphatic heterocycles. The molecule has 146 heavy (non-hydrogen) atoms. The van der Waals surface area contributed by atoms with Crippen molar-refractivity contribution in [2.75, 3.05) is 26.4 Å². The number of hydrogen-bond acceptors (Lipinski definition) is 27. The normalized spacial score (nSPS) is 24.9. The molecule has 12 aromatic carbocycles. The Hall–Kier alpha value is -13.4. The molecule has 0 unspecified atom stereocenters. The fourth-order valence-corrected chi connectivity index (χ4v) is 19.0. The standard InChI is InChI=1S/C117H116N2O27/c1-76(120)130-64-88-57-59-89(60-58-88)71-137-114-98(118-110(123)90-53-31-32-54-91(90)111(118)124)104(133-67-84-45-23-9-24-46-84)102(95(141-114)73-128-62-80-37-15-5-16-38-80)145-115-99(119-112(125)92-55-33-34-56-93(92)113(119)126)105(134-68-85-47-25-10-26-48-85)103(96(142-115)74-129-63-81-39-17-6-18-40-81)146-117-108(136-70-87-51-29-12-30-52-87)107(139-77(2)121)101(132-66-83-43-21-8-22-44-83)97(144-117)75-138-116-109(140-78(3)122)106(135-69-86-49-27-11-28-50-86)100(131-65-82-41-19-7-20-42-82)94(143-116)72-127-61-79-35-13-4-14-36-79/h4-60,94-109,114-117H,61-75H2,1-3H3/t94-,95-,96-,97-,98-,99-,100-,101-,102-,103-,104-,105-,106+,107+,108+,109+,114-,115+,116+,117+/m1/s1. The molecular weight excluding hydrogens is 1870 g/mol. The molecule has 0 radical (unpaired) electrons. The van der Waals surface area contributed by atoms with E-state index in [4.69, 9.17) is 94.7 Å². The van der Waals surface area contributed by atoms with Crippen LogP contribution in [-0.2, 0) is 182 Å². The van der Waals surface area contributed by atoms with Crippen LogP contribution in [0.2, 0.25) is 0 Å². The van der Waals surface area contributed by atoms with Crippen LogP contribution in [-0.4, -0.2) is 200 Å². The van der Waals surface area contributed by atoms with Crippen LogP contribution < -0.4 is 0 Å². The molecule has 0 bridgehead atoms. The predicted octanol–water partition coefficient (Wildman–Crippen LogP) is 16.3. The zero-order chi connectivity index (χ0) is 100. The molecule has 0 spiro atoms. The van der Waals surface area contributed by atoms with Crippen molar-refractivity contribution in [2.24, 2.45) is 0 Å². The molecule has 4 fully saturated rings. The number of esters is 3. The van der Waals surface area contributed by atoms with Gasteiger partial charge in [-0.15, -0.1) is 0 Å². The molecule has 18 rings (SSSR count). The van der Waals surface area contributed by atoms with Gasteiger partial charge in [0.05, 0.1) is 115 Å². The quantitative estimate of drug-likeness (QED) is 0.0194. The van der Waals surface area contributed by atoms with Crippen molar-refractivity contribution < 1.29 is 128 Å². The monoisotopic (exact) mass is 1980 g/mol. The van der Waals surface area contributed by atoms with Crippen LogP contribution in [0.15, 0.2) is 346 Å². The molecule has 29 heteroatoms. The third-order valence-corrected chi connectivity index (χ3v) is 26.0. The highest BCUT2D eigenvalue weighted by Crippen LogP contribution is 2.45. The molecule has 4 amide bonds. The van der Waals surface area contributed by atoms with Crippen LogP contribution in [0.4, 0.5) is 0 Å². The summed E-state index contributed by atoms with van der Waals surface area (Å²) in [6.07, 6.45) is -26.9. The summed E-state index contributed by atoms with van der Waals surface area (Å²) in [5.41, 5.74) is 8.11. The Morgan fingerprint density at radius 3 is 0.829 bits per heavy atom. The van der Waals surface area contributed by atoms with E-state index in [-0.39, 0.29) is 108 Å². The first-order valence-corrected chi connectivity index (χ1v) is 49.0. The summed E-state index contributed by atoms with van der Waals surface area (Å²) in [7, 11) is 0. The third kappa shape index (κ3) is 26.2. The van der Waals surface area contributed by atoms with E-state index >= 15 is 19.2 Å². The van der Waals surface area contributed by atoms with Crippen LogP contribution in [0.25, 0.3) is 0 Å². The van der Waals surface area contributed by atoms with Crippen LogP contribution in [0.1, 0.15) is 123 Å². The number of carbonyl (C=O) groups is 7. The SMILES string of the molecule is CC(=O)OCc1ccc(CO[C@@H]2O[C@H](COCc3ccccc3)[C@@H](O[C@@H]3O[C@H](COCc4ccccc4)[C@@H](O[C@@H]4O[C@H](CO[C@H]5O[C@H](COCc6ccccc6)[C@@H](OCc6ccccc6)[C@H](OCc6ccccc6)[C@@H]5OC(C)=O)[C@@H](OCc5ccccc5)[C@H](OC(C)=O)[C@@H]4OCc4ccccc4)[C@H](OCc4ccccc4)[C@H]3N3C(=O)c4ccccc4C3=O)[C@H](OCc3ccccc3)[C@H]2N2C(=O)c3ccccc3C2=O)cc1. The topological polar surface area (TPSA) is 311 Å². The van der Waals surface area contributed by atoms with Gasteiger partial charge in [-0.3, -0.25) is 43.4 Å². The van der Waals surface area contributed by atoms with Crippen LogP contribution >= 0.6 is 0 Å². The van der Waals surface area contributed by atoms with Crippen molar-refractivity contribution in [1.29, 1.82) is 0 Å². The molecule has 20 atom stereocenters. The molecule has 0 aliphatic carbocycles. The highest BCUT2D eigenvalue weighted by Gasteiger charge is 2.63. The van der Waals surface area contributed by atoms with Gasteiger partial charge in [-0.1, -0.05) is 322 Å². The highest BCUT2D eigenvalue weighted by molar-refractivity contribution is 6.22. The van der Waals surface area contributed by atoms with Gasteiger partial charge >= 0.3 is 17.9 Å². The van der Waals surface area contributed by atoms with Crippen molar-refractivity contribution in [2.45, 2.75) is 216 Å². The molecule has 0 N–H and O–H groups in total. The number of imide groups is 2. The second-order valence-electron chi connectivity index (χ2n) is 36.4. The Bertz CT molecular complexity index is 6150. The number of rotatable bonds is 46. The summed E-state index contributed by atoms with van der Waals surface area (Å²) in [4.78, 5) is 107. The average Bonchev–Trinajstić information content (AvgIpc) is 1.50. The summed E-state index contributed by atoms with van der Waals surface area (Å²) < 4.78 is 143. The summed E-state index contributed by atoms with van der Waals surface area (Å²) in [6.45, 7) is 1.68. The summed E-state index contributed by atoms with van der Waals surface area (Å²) in [5.74, 6) is -5.00. The van der Waals surface area contributed by atoms with E-state index in [1.807, 2.05) is 273 Å². The minimum Gasteiger partial charge on any atom is -0.461 e. The van der Waals surface area contributed by atoms with E-state index in [1.165, 1.54) is 32.9 Å². The Morgan fingerprint density at radius 2 is 0.473 bits per heavy atom. The Morgan fingerprint density at radius 1 is 0.219 bits per heavy atom. The molecule has 0 saturated carbocycles. The third-order valence-electron chi connectivity index (χ3n) is 26.0. The van der Waals surface area contributed by atoms with E-state index in [2.05, 4.69) is 0 Å². The van der Waals surface area contributed by atoms with Gasteiger partial charge in [-0.05, 0) is 85.5 Å². The lowest BCUT2D eigenvalue weighted by molar-refractivity contribution is -0.381. The number of nitrogens with zero attached hydrogens (tertiary/aromatic N) is 2. The Labute approximate surface area is 846 Å². The van der Waals surface area contributed by atoms with Crippen molar-refractivity contribution in [3.05, 3.63) is 429 Å². The van der Waals surface area contributed by atoms with Gasteiger partial charge in [0.25, 0.3) is 23.6 Å². The van der Waals surface area contributed by atoms with E-state index < -0.39 is 177 Å². The number of carbonyl (C=O) groups excluding carboxylic acids is 7. The molecule has 0 aromatic heterocycles. The van der Waals surface area contributed by atoms with E-state index in [0.717, 1.165) is 37.6 Å². The second-order valence-corrected chi connectivity index (χ2v) is 36.4. The number of benzene rings is 12. The van der Waals surface area contributed by atoms with Crippen LogP contribution in [0.5, 0.6) is 0 Å². The minimum absolute atomic E-state index is 0.000951. The first-order valence-electron chi connectivity index (χ1n) is 49.0. The highest BCUT2D eigenvalue weighted by atomic mass is 16.8. The van der Waals surface area contributed by atoms with Gasteiger partial charge < -0.3 is 94.7 Å². The van der Waals surface area contributed by atoms with Crippen LogP contribution in [0, 0.1) is 0 Å². The maximum absolute atomic E-state index is 16.5. The minimum atomic E-state index is -1.94. The maximum Gasteiger partial charge on any atom is 0.303 e. The number of ether oxygens (including phenoxy) is 20. The van der Waals surface area contributed by atoms with Crippen LogP contribution in [0.3, 0.4) is 0 Å². The molecule has 4 saturated heterocycles. The number of amides is 4. The largest absolute Gasteiger partial charge is 0.461 e. The van der Waals surface area contributed by atoms with Gasteiger partial charge in [0.15, 0.2) is 37.4 Å². The molecule has 29 nitrogen and oxygen atoms in total. The second kappa shape index (κ2) is 50.6. The Balaban J connectivity index is 0.789. The number of hydrogen-bond donors (Lipinski definition) is 0.